The Labute approximate surface area is 219 Å². The molecule has 0 fully saturated rings. The summed E-state index contributed by atoms with van der Waals surface area (Å²) in [4.78, 5) is 0. The van der Waals surface area contributed by atoms with Crippen LogP contribution in [0.15, 0.2) is 121 Å². The molecule has 1 aliphatic carbocycles. The van der Waals surface area contributed by atoms with E-state index in [2.05, 4.69) is 135 Å². The van der Waals surface area contributed by atoms with Crippen molar-refractivity contribution in [3.8, 4) is 11.1 Å². The maximum Gasteiger partial charge on any atom is 0.0159 e. The van der Waals surface area contributed by atoms with Gasteiger partial charge in [-0.3, -0.25) is 0 Å². The molecule has 1 aliphatic rings. The second-order valence-corrected chi connectivity index (χ2v) is 11.0. The Morgan fingerprint density at radius 3 is 1.38 bits per heavy atom. The molecule has 178 valence electrons. The Hall–Kier alpha value is -4.16. The predicted molar refractivity (Wildman–Crippen MR) is 158 cm³/mol. The predicted octanol–water partition coefficient (Wildman–Crippen LogP) is 9.48. The fraction of sp³-hybridized carbons (Fsp3) is 0.135. The minimum atomic E-state index is -0.0196. The summed E-state index contributed by atoms with van der Waals surface area (Å²) >= 11 is 0. The fourth-order valence-electron chi connectivity index (χ4n) is 6.38. The van der Waals surface area contributed by atoms with Crippen LogP contribution in [0.2, 0.25) is 0 Å². The van der Waals surface area contributed by atoms with Gasteiger partial charge < -0.3 is 0 Å². The zero-order chi connectivity index (χ0) is 25.0. The summed E-state index contributed by atoms with van der Waals surface area (Å²) < 4.78 is 0. The first-order valence-electron chi connectivity index (χ1n) is 13.3. The Balaban J connectivity index is 1.24. The normalized spacial score (nSPS) is 13.6. The molecular formula is C37H30. The van der Waals surface area contributed by atoms with Gasteiger partial charge in [-0.1, -0.05) is 135 Å². The van der Waals surface area contributed by atoms with Crippen molar-refractivity contribution in [2.24, 2.45) is 0 Å². The van der Waals surface area contributed by atoms with Crippen LogP contribution in [0.1, 0.15) is 47.2 Å². The summed E-state index contributed by atoms with van der Waals surface area (Å²) in [5.41, 5.74) is 11.2. The van der Waals surface area contributed by atoms with Gasteiger partial charge in [0, 0.05) is 5.41 Å². The zero-order valence-corrected chi connectivity index (χ0v) is 21.5. The van der Waals surface area contributed by atoms with Gasteiger partial charge in [0.05, 0.1) is 0 Å². The molecule has 6 aromatic carbocycles. The summed E-state index contributed by atoms with van der Waals surface area (Å²) in [5.74, 6) is 0. The molecule has 0 N–H and O–H groups in total. The van der Waals surface area contributed by atoms with Crippen LogP contribution < -0.4 is 0 Å². The van der Waals surface area contributed by atoms with Crippen LogP contribution in [-0.4, -0.2) is 0 Å². The molecule has 0 unspecified atom stereocenters. The summed E-state index contributed by atoms with van der Waals surface area (Å²) in [7, 11) is 0. The van der Waals surface area contributed by atoms with Crippen molar-refractivity contribution in [1.29, 1.82) is 0 Å². The molecule has 0 aliphatic heterocycles. The molecule has 0 heteroatoms. The van der Waals surface area contributed by atoms with Gasteiger partial charge in [0.2, 0.25) is 0 Å². The topological polar surface area (TPSA) is 0 Å². The van der Waals surface area contributed by atoms with E-state index in [0.29, 0.717) is 0 Å². The minimum absolute atomic E-state index is 0.0196. The lowest BCUT2D eigenvalue weighted by Crippen LogP contribution is -2.15. The second-order valence-electron chi connectivity index (χ2n) is 11.0. The highest BCUT2D eigenvalue weighted by Gasteiger charge is 2.35. The third kappa shape index (κ3) is 3.67. The standard InChI is InChI=1S/C37H30/c1-37(2)35-23-25(21-29-13-7-11-27-9-3-5-15-31(27)29)17-19-33(35)34-20-18-26(24-36(34)37)22-30-14-8-12-28-10-4-6-16-32(28)30/h3-20,23-24H,21-22H2,1-2H3. The molecule has 0 saturated carbocycles. The van der Waals surface area contributed by atoms with E-state index >= 15 is 0 Å². The largest absolute Gasteiger partial charge is 0.0616 e. The molecular weight excluding hydrogens is 444 g/mol. The van der Waals surface area contributed by atoms with Crippen LogP contribution in [-0.2, 0) is 18.3 Å². The van der Waals surface area contributed by atoms with E-state index < -0.39 is 0 Å². The van der Waals surface area contributed by atoms with Gasteiger partial charge in [-0.15, -0.1) is 0 Å². The molecule has 0 atom stereocenters. The van der Waals surface area contributed by atoms with E-state index in [1.165, 1.54) is 66.1 Å². The number of hydrogen-bond acceptors (Lipinski definition) is 0. The van der Waals surface area contributed by atoms with Gasteiger partial charge in [-0.2, -0.15) is 0 Å². The van der Waals surface area contributed by atoms with Crippen LogP contribution in [0.3, 0.4) is 0 Å². The molecule has 0 amide bonds. The molecule has 0 heterocycles. The minimum Gasteiger partial charge on any atom is -0.0616 e. The molecule has 0 bridgehead atoms. The lowest BCUT2D eigenvalue weighted by atomic mass is 9.81. The van der Waals surface area contributed by atoms with Crippen molar-refractivity contribution in [3.05, 3.63) is 155 Å². The van der Waals surface area contributed by atoms with E-state index in [9.17, 15) is 0 Å². The Morgan fingerprint density at radius 1 is 0.459 bits per heavy atom. The maximum atomic E-state index is 2.46. The Morgan fingerprint density at radius 2 is 0.892 bits per heavy atom. The molecule has 37 heavy (non-hydrogen) atoms. The highest BCUT2D eigenvalue weighted by Crippen LogP contribution is 2.49. The first kappa shape index (κ1) is 22.1. The average molecular weight is 475 g/mol. The van der Waals surface area contributed by atoms with Crippen LogP contribution in [0.25, 0.3) is 32.7 Å². The van der Waals surface area contributed by atoms with Gasteiger partial charge in [0.15, 0.2) is 0 Å². The highest BCUT2D eigenvalue weighted by molar-refractivity contribution is 5.87. The van der Waals surface area contributed by atoms with Crippen LogP contribution in [0, 0.1) is 0 Å². The molecule has 0 radical (unpaired) electrons. The van der Waals surface area contributed by atoms with E-state index in [0.717, 1.165) is 12.8 Å². The number of rotatable bonds is 4. The van der Waals surface area contributed by atoms with Crippen LogP contribution in [0.4, 0.5) is 0 Å². The van der Waals surface area contributed by atoms with Crippen molar-refractivity contribution >= 4 is 21.5 Å². The maximum absolute atomic E-state index is 2.46. The number of fused-ring (bicyclic) bond motifs is 5. The van der Waals surface area contributed by atoms with Crippen LogP contribution in [0.5, 0.6) is 0 Å². The SMILES string of the molecule is CC1(C)c2cc(Cc3cccc4ccccc34)ccc2-c2ccc(Cc3cccc4ccccc34)cc21. The van der Waals surface area contributed by atoms with Gasteiger partial charge in [-0.05, 0) is 78.9 Å². The van der Waals surface area contributed by atoms with Crippen molar-refractivity contribution in [3.63, 3.8) is 0 Å². The molecule has 6 aromatic rings. The number of hydrogen-bond donors (Lipinski definition) is 0. The van der Waals surface area contributed by atoms with E-state index in [4.69, 9.17) is 0 Å². The Kier molecular flexibility index (Phi) is 5.04. The number of benzene rings is 6. The lowest BCUT2D eigenvalue weighted by Gasteiger charge is -2.23. The summed E-state index contributed by atoms with van der Waals surface area (Å²) in [6.45, 7) is 4.78. The van der Waals surface area contributed by atoms with E-state index in [-0.39, 0.29) is 5.41 Å². The highest BCUT2D eigenvalue weighted by atomic mass is 14.4. The summed E-state index contributed by atoms with van der Waals surface area (Å²) in [6.07, 6.45) is 1.90. The third-order valence-corrected chi connectivity index (χ3v) is 8.35. The van der Waals surface area contributed by atoms with Gasteiger partial charge in [0.1, 0.15) is 0 Å². The summed E-state index contributed by atoms with van der Waals surface area (Å²) in [6, 6.07) is 45.0. The molecule has 0 aromatic heterocycles. The quantitative estimate of drug-likeness (QED) is 0.239. The average Bonchev–Trinajstić information content (AvgIpc) is 3.15. The summed E-state index contributed by atoms with van der Waals surface area (Å²) in [5, 5.41) is 5.33. The van der Waals surface area contributed by atoms with Crippen molar-refractivity contribution in [2.75, 3.05) is 0 Å². The third-order valence-electron chi connectivity index (χ3n) is 8.35. The van der Waals surface area contributed by atoms with Gasteiger partial charge in [-0.25, -0.2) is 0 Å². The molecule has 0 spiro atoms. The molecule has 7 rings (SSSR count). The van der Waals surface area contributed by atoms with E-state index in [1.54, 1.807) is 0 Å². The molecule has 0 nitrogen and oxygen atoms in total. The van der Waals surface area contributed by atoms with Gasteiger partial charge in [0.25, 0.3) is 0 Å². The first-order chi connectivity index (χ1) is 18.1. The van der Waals surface area contributed by atoms with Crippen molar-refractivity contribution in [1.82, 2.24) is 0 Å². The first-order valence-corrected chi connectivity index (χ1v) is 13.3. The van der Waals surface area contributed by atoms with Crippen molar-refractivity contribution in [2.45, 2.75) is 32.1 Å². The smallest absolute Gasteiger partial charge is 0.0159 e. The fourth-order valence-corrected chi connectivity index (χ4v) is 6.38. The second kappa shape index (κ2) is 8.46. The van der Waals surface area contributed by atoms with E-state index in [1.807, 2.05) is 0 Å². The van der Waals surface area contributed by atoms with Crippen LogP contribution >= 0.6 is 0 Å². The monoisotopic (exact) mass is 474 g/mol. The Bertz CT molecular complexity index is 1660. The van der Waals surface area contributed by atoms with Crippen molar-refractivity contribution < 1.29 is 0 Å². The lowest BCUT2D eigenvalue weighted by molar-refractivity contribution is 0.658. The van der Waals surface area contributed by atoms with Gasteiger partial charge >= 0.3 is 0 Å². The molecule has 0 saturated heterocycles. The zero-order valence-electron chi connectivity index (χ0n) is 21.5.